The first-order valence-corrected chi connectivity index (χ1v) is 6.10. The molecule has 5 nitrogen and oxygen atoms in total. The molecule has 0 aliphatic carbocycles. The number of hydrogen-bond acceptors (Lipinski definition) is 4. The summed E-state index contributed by atoms with van der Waals surface area (Å²) >= 11 is 0. The van der Waals surface area contributed by atoms with Crippen molar-refractivity contribution in [3.63, 3.8) is 0 Å². The molecule has 0 saturated carbocycles. The fourth-order valence-electron chi connectivity index (χ4n) is 1.95. The fraction of sp³-hybridized carbons (Fsp3) is 0.462. The maximum atomic E-state index is 10.6. The Hall–Kier alpha value is -1.59. The van der Waals surface area contributed by atoms with Crippen LogP contribution in [0.4, 0.5) is 4.79 Å². The molecule has 0 aromatic heterocycles. The Balaban J connectivity index is 1.80. The zero-order valence-electron chi connectivity index (χ0n) is 10.3. The second-order valence-corrected chi connectivity index (χ2v) is 4.27. The van der Waals surface area contributed by atoms with Gasteiger partial charge in [-0.1, -0.05) is 12.1 Å². The van der Waals surface area contributed by atoms with Crippen LogP contribution in [0.15, 0.2) is 24.3 Å². The Morgan fingerprint density at radius 3 is 2.56 bits per heavy atom. The summed E-state index contributed by atoms with van der Waals surface area (Å²) in [6.07, 6.45) is 0.202. The summed E-state index contributed by atoms with van der Waals surface area (Å²) in [5, 5.41) is 0. The van der Waals surface area contributed by atoms with Gasteiger partial charge in [-0.25, -0.2) is 4.79 Å². The largest absolute Gasteiger partial charge is 0.411 e. The lowest BCUT2D eigenvalue weighted by Crippen LogP contribution is -2.37. The lowest BCUT2D eigenvalue weighted by molar-refractivity contribution is 0.0384. The fourth-order valence-corrected chi connectivity index (χ4v) is 1.95. The first-order chi connectivity index (χ1) is 8.74. The molecule has 1 saturated heterocycles. The van der Waals surface area contributed by atoms with Crippen molar-refractivity contribution in [1.29, 1.82) is 0 Å². The molecule has 1 aliphatic rings. The van der Waals surface area contributed by atoms with E-state index in [0.29, 0.717) is 5.75 Å². The van der Waals surface area contributed by atoms with E-state index in [1.807, 2.05) is 12.1 Å². The van der Waals surface area contributed by atoms with E-state index in [-0.39, 0.29) is 0 Å². The molecule has 5 heteroatoms. The minimum atomic E-state index is -0.781. The van der Waals surface area contributed by atoms with Gasteiger partial charge in [-0.15, -0.1) is 0 Å². The molecule has 2 N–H and O–H groups in total. The maximum absolute atomic E-state index is 10.6. The molecular formula is C13H18N2O3. The number of benzene rings is 1. The average Bonchev–Trinajstić information content (AvgIpc) is 2.38. The van der Waals surface area contributed by atoms with Gasteiger partial charge in [0.2, 0.25) is 0 Å². The van der Waals surface area contributed by atoms with Crippen molar-refractivity contribution >= 4 is 6.09 Å². The van der Waals surface area contributed by atoms with Crippen molar-refractivity contribution < 1.29 is 14.3 Å². The Morgan fingerprint density at radius 2 is 1.94 bits per heavy atom. The first-order valence-electron chi connectivity index (χ1n) is 6.10. The Bertz CT molecular complexity index is 386. The highest BCUT2D eigenvalue weighted by molar-refractivity contribution is 5.67. The Morgan fingerprint density at radius 1 is 1.28 bits per heavy atom. The van der Waals surface area contributed by atoms with Gasteiger partial charge in [0.15, 0.2) is 0 Å². The number of morpholine rings is 1. The van der Waals surface area contributed by atoms with Crippen molar-refractivity contribution in [2.75, 3.05) is 32.8 Å². The number of amides is 1. The van der Waals surface area contributed by atoms with Crippen LogP contribution in [0.2, 0.25) is 0 Å². The molecule has 0 bridgehead atoms. The van der Waals surface area contributed by atoms with Crippen LogP contribution in [0.25, 0.3) is 0 Å². The standard InChI is InChI=1S/C13H18N2O3/c14-13(16)18-12-3-1-11(2-4-12)5-6-15-7-9-17-10-8-15/h1-4H,5-10H2,(H2,14,16). The summed E-state index contributed by atoms with van der Waals surface area (Å²) in [6, 6.07) is 7.44. The molecule has 1 fully saturated rings. The van der Waals surface area contributed by atoms with Gasteiger partial charge in [-0.2, -0.15) is 0 Å². The van der Waals surface area contributed by atoms with E-state index in [4.69, 9.17) is 15.2 Å². The van der Waals surface area contributed by atoms with Crippen molar-refractivity contribution in [2.24, 2.45) is 5.73 Å². The van der Waals surface area contributed by atoms with E-state index in [1.165, 1.54) is 5.56 Å². The van der Waals surface area contributed by atoms with Gasteiger partial charge in [-0.3, -0.25) is 4.90 Å². The first kappa shape index (κ1) is 12.9. The zero-order valence-corrected chi connectivity index (χ0v) is 10.3. The topological polar surface area (TPSA) is 64.8 Å². The van der Waals surface area contributed by atoms with Crippen LogP contribution in [-0.2, 0) is 11.2 Å². The van der Waals surface area contributed by atoms with Crippen LogP contribution in [0.1, 0.15) is 5.56 Å². The zero-order chi connectivity index (χ0) is 12.8. The van der Waals surface area contributed by atoms with E-state index >= 15 is 0 Å². The number of carbonyl (C=O) groups excluding carboxylic acids is 1. The molecule has 0 unspecified atom stereocenters. The summed E-state index contributed by atoms with van der Waals surface area (Å²) < 4.78 is 10.1. The van der Waals surface area contributed by atoms with Crippen LogP contribution in [-0.4, -0.2) is 43.8 Å². The number of rotatable bonds is 4. The van der Waals surface area contributed by atoms with Gasteiger partial charge in [0, 0.05) is 19.6 Å². The normalized spacial score (nSPS) is 16.4. The second kappa shape index (κ2) is 6.37. The van der Waals surface area contributed by atoms with E-state index in [9.17, 15) is 4.79 Å². The molecule has 1 amide bonds. The number of nitrogens with two attached hydrogens (primary N) is 1. The molecule has 1 aromatic carbocycles. The van der Waals surface area contributed by atoms with Crippen LogP contribution < -0.4 is 10.5 Å². The predicted octanol–water partition coefficient (Wildman–Crippen LogP) is 1.02. The molecule has 2 rings (SSSR count). The summed E-state index contributed by atoms with van der Waals surface area (Å²) in [5.74, 6) is 0.484. The summed E-state index contributed by atoms with van der Waals surface area (Å²) in [5.41, 5.74) is 6.16. The molecule has 1 aliphatic heterocycles. The third-order valence-electron chi connectivity index (χ3n) is 2.96. The summed E-state index contributed by atoms with van der Waals surface area (Å²) in [6.45, 7) is 4.68. The van der Waals surface area contributed by atoms with Gasteiger partial charge in [0.1, 0.15) is 5.75 Å². The number of ether oxygens (including phenoxy) is 2. The van der Waals surface area contributed by atoms with Crippen molar-refractivity contribution in [3.8, 4) is 5.75 Å². The molecular weight excluding hydrogens is 232 g/mol. The maximum Gasteiger partial charge on any atom is 0.409 e. The van der Waals surface area contributed by atoms with E-state index < -0.39 is 6.09 Å². The van der Waals surface area contributed by atoms with E-state index in [1.54, 1.807) is 12.1 Å². The average molecular weight is 250 g/mol. The third kappa shape index (κ3) is 4.01. The summed E-state index contributed by atoms with van der Waals surface area (Å²) in [7, 11) is 0. The van der Waals surface area contributed by atoms with Crippen LogP contribution in [0.5, 0.6) is 5.75 Å². The molecule has 0 radical (unpaired) electrons. The lowest BCUT2D eigenvalue weighted by Gasteiger charge is -2.26. The van der Waals surface area contributed by atoms with E-state index in [2.05, 4.69) is 4.90 Å². The number of nitrogens with zero attached hydrogens (tertiary/aromatic N) is 1. The van der Waals surface area contributed by atoms with Crippen LogP contribution in [0.3, 0.4) is 0 Å². The second-order valence-electron chi connectivity index (χ2n) is 4.27. The van der Waals surface area contributed by atoms with Crippen molar-refractivity contribution in [2.45, 2.75) is 6.42 Å². The quantitative estimate of drug-likeness (QED) is 0.866. The molecule has 1 aromatic rings. The molecule has 18 heavy (non-hydrogen) atoms. The van der Waals surface area contributed by atoms with Gasteiger partial charge in [0.05, 0.1) is 13.2 Å². The minimum Gasteiger partial charge on any atom is -0.411 e. The van der Waals surface area contributed by atoms with Crippen LogP contribution in [0, 0.1) is 0 Å². The molecule has 0 spiro atoms. The highest BCUT2D eigenvalue weighted by atomic mass is 16.5. The number of primary amides is 1. The third-order valence-corrected chi connectivity index (χ3v) is 2.96. The number of carbonyl (C=O) groups is 1. The van der Waals surface area contributed by atoms with Crippen molar-refractivity contribution in [1.82, 2.24) is 4.90 Å². The Labute approximate surface area is 106 Å². The minimum absolute atomic E-state index is 0.484. The van der Waals surface area contributed by atoms with Gasteiger partial charge >= 0.3 is 6.09 Å². The molecule has 1 heterocycles. The van der Waals surface area contributed by atoms with E-state index in [0.717, 1.165) is 39.3 Å². The van der Waals surface area contributed by atoms with Crippen LogP contribution >= 0.6 is 0 Å². The Kier molecular flexibility index (Phi) is 4.55. The molecule has 98 valence electrons. The van der Waals surface area contributed by atoms with Gasteiger partial charge < -0.3 is 15.2 Å². The SMILES string of the molecule is NC(=O)Oc1ccc(CCN2CCOCC2)cc1. The van der Waals surface area contributed by atoms with Crippen molar-refractivity contribution in [3.05, 3.63) is 29.8 Å². The number of hydrogen-bond donors (Lipinski definition) is 1. The van der Waals surface area contributed by atoms with Gasteiger partial charge in [-0.05, 0) is 24.1 Å². The monoisotopic (exact) mass is 250 g/mol. The lowest BCUT2D eigenvalue weighted by atomic mass is 10.1. The highest BCUT2D eigenvalue weighted by Gasteiger charge is 2.09. The summed E-state index contributed by atoms with van der Waals surface area (Å²) in [4.78, 5) is 13.0. The highest BCUT2D eigenvalue weighted by Crippen LogP contribution is 2.13. The van der Waals surface area contributed by atoms with Gasteiger partial charge in [0.25, 0.3) is 0 Å². The molecule has 0 atom stereocenters. The predicted molar refractivity (Wildman–Crippen MR) is 67.6 cm³/mol. The smallest absolute Gasteiger partial charge is 0.409 e.